The maximum absolute atomic E-state index is 5.76. The van der Waals surface area contributed by atoms with Crippen molar-refractivity contribution in [3.8, 4) is 11.6 Å². The summed E-state index contributed by atoms with van der Waals surface area (Å²) in [5.74, 6) is 1.94. The van der Waals surface area contributed by atoms with Crippen LogP contribution in [0, 0.1) is 5.92 Å². The maximum Gasteiger partial charge on any atom is 0.197 e. The molecule has 0 unspecified atom stereocenters. The lowest BCUT2D eigenvalue weighted by molar-refractivity contribution is 0.271. The Morgan fingerprint density at radius 3 is 2.94 bits per heavy atom. The molecule has 18 heavy (non-hydrogen) atoms. The van der Waals surface area contributed by atoms with Crippen molar-refractivity contribution in [1.82, 2.24) is 19.7 Å². The molecule has 6 nitrogen and oxygen atoms in total. The zero-order chi connectivity index (χ0) is 13.1. The van der Waals surface area contributed by atoms with E-state index >= 15 is 0 Å². The Hall–Kier alpha value is -1.63. The van der Waals surface area contributed by atoms with Gasteiger partial charge in [-0.1, -0.05) is 13.8 Å². The molecule has 0 bridgehead atoms. The predicted molar refractivity (Wildman–Crippen MR) is 71.6 cm³/mol. The van der Waals surface area contributed by atoms with Gasteiger partial charge >= 0.3 is 0 Å². The van der Waals surface area contributed by atoms with Gasteiger partial charge in [-0.05, 0) is 21.8 Å². The van der Waals surface area contributed by atoms with Crippen molar-refractivity contribution in [2.24, 2.45) is 5.92 Å². The zero-order valence-corrected chi connectivity index (χ0v) is 11.8. The fraction of sp³-hybridized carbons (Fsp3) is 0.364. The van der Waals surface area contributed by atoms with E-state index in [2.05, 4.69) is 44.8 Å². The van der Waals surface area contributed by atoms with E-state index in [1.165, 1.54) is 0 Å². The lowest BCUT2D eigenvalue weighted by atomic mass is 10.2. The fourth-order valence-corrected chi connectivity index (χ4v) is 1.57. The molecule has 2 heterocycles. The summed E-state index contributed by atoms with van der Waals surface area (Å²) in [6.45, 7) is 4.82. The van der Waals surface area contributed by atoms with Crippen LogP contribution in [0.25, 0.3) is 5.82 Å². The summed E-state index contributed by atoms with van der Waals surface area (Å²) in [5.41, 5.74) is 5.76. The quantitative estimate of drug-likeness (QED) is 0.934. The van der Waals surface area contributed by atoms with Crippen molar-refractivity contribution in [1.29, 1.82) is 0 Å². The number of nitrogen functional groups attached to an aromatic ring is 1. The van der Waals surface area contributed by atoms with Gasteiger partial charge in [-0.15, -0.1) is 0 Å². The molecule has 7 heteroatoms. The van der Waals surface area contributed by atoms with E-state index in [-0.39, 0.29) is 0 Å². The summed E-state index contributed by atoms with van der Waals surface area (Å²) < 4.78 is 7.70. The second-order valence-corrected chi connectivity index (χ2v) is 5.04. The molecule has 2 rings (SSSR count). The van der Waals surface area contributed by atoms with E-state index in [0.29, 0.717) is 34.5 Å². The number of nitrogens with two attached hydrogens (primary N) is 1. The van der Waals surface area contributed by atoms with Crippen LogP contribution in [0.15, 0.2) is 23.2 Å². The highest BCUT2D eigenvalue weighted by Gasteiger charge is 2.09. The van der Waals surface area contributed by atoms with Crippen molar-refractivity contribution in [2.75, 3.05) is 12.3 Å². The van der Waals surface area contributed by atoms with Crippen molar-refractivity contribution >= 4 is 21.7 Å². The van der Waals surface area contributed by atoms with Crippen LogP contribution in [0.3, 0.4) is 0 Å². The molecule has 0 amide bonds. The lowest BCUT2D eigenvalue weighted by Gasteiger charge is -2.05. The van der Waals surface area contributed by atoms with Crippen LogP contribution in [0.1, 0.15) is 13.8 Å². The first-order valence-corrected chi connectivity index (χ1v) is 6.31. The van der Waals surface area contributed by atoms with E-state index in [9.17, 15) is 0 Å². The molecular weight excluding hydrogens is 298 g/mol. The molecule has 0 fully saturated rings. The van der Waals surface area contributed by atoms with Crippen LogP contribution in [0.4, 0.5) is 5.82 Å². The molecule has 2 aromatic rings. The molecular formula is C11H14BrN5O. The standard InChI is InChI=1S/C11H14BrN5O/c1-7(2)6-18-8-3-15-17(5-8)11-10(13)14-4-9(12)16-11/h3-5,7H,6H2,1-2H3,(H2,13,14). The van der Waals surface area contributed by atoms with Gasteiger partial charge in [-0.25, -0.2) is 14.6 Å². The highest BCUT2D eigenvalue weighted by molar-refractivity contribution is 9.10. The second kappa shape index (κ2) is 5.34. The highest BCUT2D eigenvalue weighted by Crippen LogP contribution is 2.18. The molecule has 0 aliphatic carbocycles. The Morgan fingerprint density at radius 2 is 2.22 bits per heavy atom. The molecule has 0 saturated heterocycles. The Bertz CT molecular complexity index is 540. The third-order valence-corrected chi connectivity index (χ3v) is 2.49. The maximum atomic E-state index is 5.76. The van der Waals surface area contributed by atoms with Gasteiger partial charge in [0.15, 0.2) is 17.4 Å². The lowest BCUT2D eigenvalue weighted by Crippen LogP contribution is -2.06. The number of nitrogens with zero attached hydrogens (tertiary/aromatic N) is 4. The third-order valence-electron chi connectivity index (χ3n) is 2.11. The first-order valence-electron chi connectivity index (χ1n) is 5.52. The van der Waals surface area contributed by atoms with Crippen molar-refractivity contribution in [3.63, 3.8) is 0 Å². The largest absolute Gasteiger partial charge is 0.490 e. The molecule has 96 valence electrons. The zero-order valence-electron chi connectivity index (χ0n) is 10.2. The summed E-state index contributed by atoms with van der Waals surface area (Å²) in [7, 11) is 0. The molecule has 0 radical (unpaired) electrons. The first kappa shape index (κ1) is 12.8. The van der Waals surface area contributed by atoms with Crippen LogP contribution < -0.4 is 10.5 Å². The first-order chi connectivity index (χ1) is 8.56. The Balaban J connectivity index is 2.21. The summed E-state index contributed by atoms with van der Waals surface area (Å²) in [4.78, 5) is 8.23. The molecule has 0 atom stereocenters. The number of hydrogen-bond donors (Lipinski definition) is 1. The molecule has 0 aromatic carbocycles. The molecule has 0 saturated carbocycles. The fourth-order valence-electron chi connectivity index (χ4n) is 1.30. The number of aromatic nitrogens is 4. The van der Waals surface area contributed by atoms with Crippen LogP contribution in [0.2, 0.25) is 0 Å². The monoisotopic (exact) mass is 311 g/mol. The minimum absolute atomic E-state index is 0.316. The smallest absolute Gasteiger partial charge is 0.197 e. The van der Waals surface area contributed by atoms with E-state index in [0.717, 1.165) is 0 Å². The van der Waals surface area contributed by atoms with Gasteiger partial charge in [0, 0.05) is 0 Å². The summed E-state index contributed by atoms with van der Waals surface area (Å²) in [6, 6.07) is 0. The van der Waals surface area contributed by atoms with Gasteiger partial charge in [-0.2, -0.15) is 5.10 Å². The minimum atomic E-state index is 0.316. The van der Waals surface area contributed by atoms with E-state index in [4.69, 9.17) is 10.5 Å². The van der Waals surface area contributed by atoms with Gasteiger partial charge in [0.2, 0.25) is 0 Å². The number of ether oxygens (including phenoxy) is 1. The normalized spacial score (nSPS) is 10.9. The highest BCUT2D eigenvalue weighted by atomic mass is 79.9. The topological polar surface area (TPSA) is 78.8 Å². The Kier molecular flexibility index (Phi) is 3.81. The Morgan fingerprint density at radius 1 is 1.44 bits per heavy atom. The van der Waals surface area contributed by atoms with E-state index in [1.54, 1.807) is 23.3 Å². The van der Waals surface area contributed by atoms with Crippen LogP contribution in [-0.4, -0.2) is 26.4 Å². The van der Waals surface area contributed by atoms with Crippen molar-refractivity contribution in [3.05, 3.63) is 23.2 Å². The molecule has 0 aliphatic rings. The van der Waals surface area contributed by atoms with Crippen LogP contribution >= 0.6 is 15.9 Å². The average Bonchev–Trinajstić information content (AvgIpc) is 2.78. The summed E-state index contributed by atoms with van der Waals surface area (Å²) in [6.07, 6.45) is 4.90. The number of hydrogen-bond acceptors (Lipinski definition) is 5. The van der Waals surface area contributed by atoms with Crippen LogP contribution in [-0.2, 0) is 0 Å². The molecule has 2 N–H and O–H groups in total. The van der Waals surface area contributed by atoms with Gasteiger partial charge < -0.3 is 10.5 Å². The molecule has 2 aromatic heterocycles. The van der Waals surface area contributed by atoms with Gasteiger partial charge in [0.1, 0.15) is 4.60 Å². The average molecular weight is 312 g/mol. The number of rotatable bonds is 4. The minimum Gasteiger partial charge on any atom is -0.490 e. The second-order valence-electron chi connectivity index (χ2n) is 4.23. The molecule has 0 spiro atoms. The summed E-state index contributed by atoms with van der Waals surface area (Å²) in [5, 5.41) is 4.15. The van der Waals surface area contributed by atoms with Crippen LogP contribution in [0.5, 0.6) is 5.75 Å². The predicted octanol–water partition coefficient (Wildman–Crippen LogP) is 2.04. The van der Waals surface area contributed by atoms with Gasteiger partial charge in [0.25, 0.3) is 0 Å². The SMILES string of the molecule is CC(C)COc1cnn(-c2nc(Br)cnc2N)c1. The van der Waals surface area contributed by atoms with Gasteiger partial charge in [-0.3, -0.25) is 0 Å². The van der Waals surface area contributed by atoms with Gasteiger partial charge in [0.05, 0.1) is 25.2 Å². The number of anilines is 1. The number of halogens is 1. The van der Waals surface area contributed by atoms with E-state index in [1.807, 2.05) is 0 Å². The van der Waals surface area contributed by atoms with Crippen molar-refractivity contribution < 1.29 is 4.74 Å². The van der Waals surface area contributed by atoms with E-state index < -0.39 is 0 Å². The third kappa shape index (κ3) is 2.98. The van der Waals surface area contributed by atoms with Crippen molar-refractivity contribution in [2.45, 2.75) is 13.8 Å². The summed E-state index contributed by atoms with van der Waals surface area (Å²) >= 11 is 3.25. The Labute approximate surface area is 113 Å². The molecule has 0 aliphatic heterocycles.